The zero-order valence-corrected chi connectivity index (χ0v) is 11.3. The first-order chi connectivity index (χ1) is 10.0. The molecular formula is C14H14F2N2O3. The van der Waals surface area contributed by atoms with E-state index in [1.807, 2.05) is 6.92 Å². The molecule has 2 rings (SSSR count). The molecule has 0 saturated carbocycles. The fraction of sp³-hybridized carbons (Fsp3) is 0.286. The molecule has 7 heteroatoms. The highest BCUT2D eigenvalue weighted by Gasteiger charge is 2.21. The van der Waals surface area contributed by atoms with E-state index in [9.17, 15) is 18.9 Å². The van der Waals surface area contributed by atoms with Crippen LogP contribution in [0.2, 0.25) is 0 Å². The van der Waals surface area contributed by atoms with Crippen molar-refractivity contribution in [2.75, 3.05) is 6.54 Å². The fourth-order valence-corrected chi connectivity index (χ4v) is 2.07. The average molecular weight is 296 g/mol. The van der Waals surface area contributed by atoms with Crippen LogP contribution < -0.4 is 5.32 Å². The predicted molar refractivity (Wildman–Crippen MR) is 71.8 cm³/mol. The van der Waals surface area contributed by atoms with E-state index in [1.54, 1.807) is 0 Å². The van der Waals surface area contributed by atoms with Crippen LogP contribution in [0.3, 0.4) is 0 Å². The van der Waals surface area contributed by atoms with Gasteiger partial charge in [-0.25, -0.2) is 8.78 Å². The number of benzene rings is 1. The number of likely N-dealkylation sites (N-methyl/N-ethyl adjacent to an activating group) is 1. The zero-order valence-electron chi connectivity index (χ0n) is 11.3. The number of nitro groups is 1. The van der Waals surface area contributed by atoms with Crippen LogP contribution in [-0.4, -0.2) is 11.5 Å². The molecule has 112 valence electrons. The first kappa shape index (κ1) is 15.1. The van der Waals surface area contributed by atoms with Crippen molar-refractivity contribution in [3.8, 4) is 0 Å². The molecule has 5 nitrogen and oxygen atoms in total. The molecule has 0 aliphatic heterocycles. The normalized spacial score (nSPS) is 12.3. The van der Waals surface area contributed by atoms with Gasteiger partial charge in [0.2, 0.25) is 0 Å². The van der Waals surface area contributed by atoms with Crippen molar-refractivity contribution in [2.24, 2.45) is 0 Å². The molecule has 1 N–H and O–H groups in total. The Morgan fingerprint density at radius 1 is 1.33 bits per heavy atom. The van der Waals surface area contributed by atoms with Crippen molar-refractivity contribution >= 4 is 5.88 Å². The molecule has 21 heavy (non-hydrogen) atoms. The van der Waals surface area contributed by atoms with Gasteiger partial charge in [-0.3, -0.25) is 10.1 Å². The number of nitrogens with one attached hydrogen (secondary N) is 1. The summed E-state index contributed by atoms with van der Waals surface area (Å²) < 4.78 is 32.1. The Kier molecular flexibility index (Phi) is 4.64. The summed E-state index contributed by atoms with van der Waals surface area (Å²) >= 11 is 0. The predicted octanol–water partition coefficient (Wildman–Crippen LogP) is 3.36. The molecule has 1 atom stereocenters. The van der Waals surface area contributed by atoms with Crippen molar-refractivity contribution in [3.05, 3.63) is 63.4 Å². The van der Waals surface area contributed by atoms with E-state index < -0.39 is 22.6 Å². The minimum Gasteiger partial charge on any atom is -0.404 e. The number of hydrogen-bond acceptors (Lipinski definition) is 4. The van der Waals surface area contributed by atoms with E-state index in [2.05, 4.69) is 5.32 Å². The lowest BCUT2D eigenvalue weighted by Crippen LogP contribution is -2.23. The number of furan rings is 1. The van der Waals surface area contributed by atoms with Crippen molar-refractivity contribution in [1.82, 2.24) is 5.32 Å². The van der Waals surface area contributed by atoms with Crippen LogP contribution in [0.1, 0.15) is 24.3 Å². The molecular weight excluding hydrogens is 282 g/mol. The molecule has 0 amide bonds. The molecule has 1 unspecified atom stereocenters. The Morgan fingerprint density at radius 3 is 2.71 bits per heavy atom. The Bertz CT molecular complexity index is 643. The maximum atomic E-state index is 13.7. The molecule has 2 aromatic rings. The van der Waals surface area contributed by atoms with Crippen LogP contribution in [0.4, 0.5) is 14.7 Å². The summed E-state index contributed by atoms with van der Waals surface area (Å²) in [6.45, 7) is 2.39. The highest BCUT2D eigenvalue weighted by Crippen LogP contribution is 2.25. The van der Waals surface area contributed by atoms with Gasteiger partial charge >= 0.3 is 5.88 Å². The first-order valence-corrected chi connectivity index (χ1v) is 6.43. The molecule has 1 aromatic heterocycles. The van der Waals surface area contributed by atoms with Gasteiger partial charge in [-0.2, -0.15) is 0 Å². The summed E-state index contributed by atoms with van der Waals surface area (Å²) in [6.07, 6.45) is 0.127. The van der Waals surface area contributed by atoms with Gasteiger partial charge in [0, 0.05) is 0 Å². The van der Waals surface area contributed by atoms with Gasteiger partial charge in [0.15, 0.2) is 11.6 Å². The largest absolute Gasteiger partial charge is 0.433 e. The molecule has 0 fully saturated rings. The van der Waals surface area contributed by atoms with Crippen LogP contribution >= 0.6 is 0 Å². The SMILES string of the molecule is CCNC(Cc1cccc(F)c1F)c1ccc([N+](=O)[O-])o1. The summed E-state index contributed by atoms with van der Waals surface area (Å²) in [4.78, 5) is 9.99. The topological polar surface area (TPSA) is 68.3 Å². The lowest BCUT2D eigenvalue weighted by atomic mass is 10.0. The zero-order chi connectivity index (χ0) is 15.4. The Hall–Kier alpha value is -2.28. The van der Waals surface area contributed by atoms with Gasteiger partial charge in [-0.05, 0) is 30.7 Å². The van der Waals surface area contributed by atoms with Gasteiger partial charge in [-0.1, -0.05) is 19.1 Å². The number of rotatable bonds is 6. The summed E-state index contributed by atoms with van der Waals surface area (Å²) in [5, 5.41) is 13.7. The van der Waals surface area contributed by atoms with Crippen LogP contribution in [0.5, 0.6) is 0 Å². The van der Waals surface area contributed by atoms with Gasteiger partial charge < -0.3 is 9.73 Å². The lowest BCUT2D eigenvalue weighted by Gasteiger charge is -2.15. The summed E-state index contributed by atoms with van der Waals surface area (Å²) in [5.41, 5.74) is 0.181. The van der Waals surface area contributed by atoms with E-state index in [0.29, 0.717) is 12.3 Å². The second-order valence-corrected chi connectivity index (χ2v) is 4.46. The van der Waals surface area contributed by atoms with Gasteiger partial charge in [-0.15, -0.1) is 0 Å². The third kappa shape index (κ3) is 3.43. The van der Waals surface area contributed by atoms with E-state index >= 15 is 0 Å². The van der Waals surface area contributed by atoms with E-state index in [4.69, 9.17) is 4.42 Å². The molecule has 0 bridgehead atoms. The summed E-state index contributed by atoms with van der Waals surface area (Å²) in [6, 6.07) is 6.16. The van der Waals surface area contributed by atoms with Crippen molar-refractivity contribution in [1.29, 1.82) is 0 Å². The molecule has 0 radical (unpaired) electrons. The Balaban J connectivity index is 2.26. The van der Waals surface area contributed by atoms with Crippen molar-refractivity contribution in [3.63, 3.8) is 0 Å². The minimum absolute atomic E-state index is 0.127. The lowest BCUT2D eigenvalue weighted by molar-refractivity contribution is -0.402. The van der Waals surface area contributed by atoms with Crippen LogP contribution in [0.15, 0.2) is 34.7 Å². The third-order valence-corrected chi connectivity index (χ3v) is 3.04. The maximum Gasteiger partial charge on any atom is 0.433 e. The van der Waals surface area contributed by atoms with E-state index in [1.165, 1.54) is 24.3 Å². The number of hydrogen-bond donors (Lipinski definition) is 1. The van der Waals surface area contributed by atoms with Crippen LogP contribution in [0.25, 0.3) is 0 Å². The highest BCUT2D eigenvalue weighted by atomic mass is 19.2. The molecule has 1 heterocycles. The van der Waals surface area contributed by atoms with Gasteiger partial charge in [0.1, 0.15) is 10.7 Å². The van der Waals surface area contributed by atoms with Crippen LogP contribution in [-0.2, 0) is 6.42 Å². The quantitative estimate of drug-likeness (QED) is 0.655. The molecule has 0 aliphatic carbocycles. The Labute approximate surface area is 119 Å². The smallest absolute Gasteiger partial charge is 0.404 e. The van der Waals surface area contributed by atoms with Crippen LogP contribution in [0, 0.1) is 21.7 Å². The number of nitrogens with zero attached hydrogens (tertiary/aromatic N) is 1. The second kappa shape index (κ2) is 6.45. The maximum absolute atomic E-state index is 13.7. The average Bonchev–Trinajstić information content (AvgIpc) is 2.93. The van der Waals surface area contributed by atoms with E-state index in [-0.39, 0.29) is 17.9 Å². The Morgan fingerprint density at radius 2 is 2.10 bits per heavy atom. The molecule has 0 spiro atoms. The molecule has 0 saturated heterocycles. The summed E-state index contributed by atoms with van der Waals surface area (Å²) in [7, 11) is 0. The van der Waals surface area contributed by atoms with E-state index in [0.717, 1.165) is 6.07 Å². The second-order valence-electron chi connectivity index (χ2n) is 4.46. The third-order valence-electron chi connectivity index (χ3n) is 3.04. The number of halogens is 2. The molecule has 0 aliphatic rings. The summed E-state index contributed by atoms with van der Waals surface area (Å²) in [5.74, 6) is -1.91. The van der Waals surface area contributed by atoms with Gasteiger partial charge in [0.05, 0.1) is 12.1 Å². The monoisotopic (exact) mass is 296 g/mol. The minimum atomic E-state index is -0.923. The van der Waals surface area contributed by atoms with Gasteiger partial charge in [0.25, 0.3) is 0 Å². The van der Waals surface area contributed by atoms with Crippen molar-refractivity contribution in [2.45, 2.75) is 19.4 Å². The standard InChI is InChI=1S/C14H14F2N2O3/c1-2-17-11(12-6-7-13(21-12)18(19)20)8-9-4-3-5-10(15)14(9)16/h3-7,11,17H,2,8H2,1H3. The van der Waals surface area contributed by atoms with Crippen molar-refractivity contribution < 1.29 is 18.1 Å². The molecule has 1 aromatic carbocycles. The fourth-order valence-electron chi connectivity index (χ4n) is 2.07. The highest BCUT2D eigenvalue weighted by molar-refractivity contribution is 5.24. The first-order valence-electron chi connectivity index (χ1n) is 6.43.